The fourth-order valence-corrected chi connectivity index (χ4v) is 8.48. The van der Waals surface area contributed by atoms with Crippen molar-refractivity contribution in [3.8, 4) is 11.5 Å². The highest BCUT2D eigenvalue weighted by Crippen LogP contribution is 2.37. The van der Waals surface area contributed by atoms with Crippen LogP contribution in [0.15, 0.2) is 122 Å². The maximum absolute atomic E-state index is 13.6. The lowest BCUT2D eigenvalue weighted by molar-refractivity contribution is -0.125. The number of amides is 1. The number of methoxy groups -OCH3 is 1. The van der Waals surface area contributed by atoms with Crippen LogP contribution < -0.4 is 14.9 Å². The molecule has 0 unspecified atom stereocenters. The molecule has 46 heavy (non-hydrogen) atoms. The molecule has 1 aliphatic heterocycles. The Morgan fingerprint density at radius 3 is 2.09 bits per heavy atom. The van der Waals surface area contributed by atoms with Crippen LogP contribution in [0.1, 0.15) is 11.1 Å². The average molecular weight is 728 g/mol. The second-order valence-corrected chi connectivity index (χ2v) is 14.8. The zero-order valence-electron chi connectivity index (χ0n) is 24.7. The van der Waals surface area contributed by atoms with Gasteiger partial charge in [-0.25, -0.2) is 22.3 Å². The molecule has 0 saturated carbocycles. The van der Waals surface area contributed by atoms with Crippen LogP contribution in [0, 0.1) is 0 Å². The number of rotatable bonds is 11. The maximum atomic E-state index is 13.6. The fourth-order valence-electron chi connectivity index (χ4n) is 4.86. The van der Waals surface area contributed by atoms with Crippen LogP contribution >= 0.6 is 15.9 Å². The van der Waals surface area contributed by atoms with E-state index in [1.54, 1.807) is 48.5 Å². The first-order valence-electron chi connectivity index (χ1n) is 14.1. The van der Waals surface area contributed by atoms with Gasteiger partial charge in [-0.3, -0.25) is 4.79 Å². The Bertz CT molecular complexity index is 1910. The number of halogens is 1. The van der Waals surface area contributed by atoms with Crippen LogP contribution in [0.2, 0.25) is 0 Å². The molecule has 1 saturated heterocycles. The van der Waals surface area contributed by atoms with Crippen molar-refractivity contribution < 1.29 is 31.1 Å². The van der Waals surface area contributed by atoms with E-state index in [2.05, 4.69) is 26.5 Å². The molecule has 5 rings (SSSR count). The van der Waals surface area contributed by atoms with Crippen LogP contribution in [0.4, 0.5) is 0 Å². The molecule has 4 aromatic carbocycles. The van der Waals surface area contributed by atoms with E-state index in [0.29, 0.717) is 28.1 Å². The zero-order chi connectivity index (χ0) is 32.7. The number of hydrogen-bond acceptors (Lipinski definition) is 8. The van der Waals surface area contributed by atoms with E-state index in [0.717, 1.165) is 14.2 Å². The van der Waals surface area contributed by atoms with Crippen molar-refractivity contribution in [1.82, 2.24) is 14.0 Å². The molecule has 1 amide bonds. The molecule has 240 valence electrons. The first-order chi connectivity index (χ1) is 22.1. The smallest absolute Gasteiger partial charge is 0.259 e. The molecule has 0 aromatic heterocycles. The first kappa shape index (κ1) is 33.3. The van der Waals surface area contributed by atoms with Crippen LogP contribution in [0.25, 0.3) is 0 Å². The van der Waals surface area contributed by atoms with Crippen molar-refractivity contribution >= 4 is 48.1 Å². The predicted octanol–water partition coefficient (Wildman–Crippen LogP) is 4.25. The number of benzene rings is 4. The summed E-state index contributed by atoms with van der Waals surface area (Å²) in [6, 6.07) is 27.1. The summed E-state index contributed by atoms with van der Waals surface area (Å²) in [6.45, 7) is -0.458. The molecule has 0 bridgehead atoms. The second kappa shape index (κ2) is 14.6. The number of hydrazone groups is 1. The van der Waals surface area contributed by atoms with Gasteiger partial charge in [0, 0.05) is 19.6 Å². The summed E-state index contributed by atoms with van der Waals surface area (Å²) in [5.74, 6) is 0.112. The number of carbonyl (C=O) groups excluding carboxylic acids is 1. The third-order valence-corrected chi connectivity index (χ3v) is 11.6. The lowest BCUT2D eigenvalue weighted by Gasteiger charge is -2.38. The van der Waals surface area contributed by atoms with Gasteiger partial charge in [-0.15, -0.1) is 0 Å². The van der Waals surface area contributed by atoms with Gasteiger partial charge in [0.05, 0.1) is 27.6 Å². The number of sulfonamides is 2. The Hall–Kier alpha value is -4.08. The van der Waals surface area contributed by atoms with Crippen LogP contribution in [0.5, 0.6) is 11.5 Å². The molecule has 1 atom stereocenters. The minimum Gasteiger partial charge on any atom is -0.493 e. The van der Waals surface area contributed by atoms with Crippen LogP contribution in [-0.4, -0.2) is 70.4 Å². The number of nitrogens with zero attached hydrogens (tertiary/aromatic N) is 3. The van der Waals surface area contributed by atoms with E-state index in [9.17, 15) is 21.6 Å². The number of carbonyl (C=O) groups is 1. The molecule has 1 aliphatic rings. The summed E-state index contributed by atoms with van der Waals surface area (Å²) in [5.41, 5.74) is 3.92. The largest absolute Gasteiger partial charge is 0.493 e. The number of piperazine rings is 1. The normalized spacial score (nSPS) is 16.3. The highest BCUT2D eigenvalue weighted by molar-refractivity contribution is 9.10. The van der Waals surface area contributed by atoms with Gasteiger partial charge in [0.1, 0.15) is 12.6 Å². The third-order valence-electron chi connectivity index (χ3n) is 7.19. The molecule has 0 spiro atoms. The Morgan fingerprint density at radius 1 is 0.891 bits per heavy atom. The van der Waals surface area contributed by atoms with Gasteiger partial charge < -0.3 is 9.47 Å². The molecule has 0 radical (unpaired) electrons. The molecule has 14 heteroatoms. The van der Waals surface area contributed by atoms with E-state index in [-0.39, 0.29) is 22.9 Å². The molecule has 1 fully saturated rings. The summed E-state index contributed by atoms with van der Waals surface area (Å²) in [5, 5.41) is 4.06. The van der Waals surface area contributed by atoms with Gasteiger partial charge in [0.25, 0.3) is 5.91 Å². The highest BCUT2D eigenvalue weighted by Gasteiger charge is 2.43. The first-order valence-corrected chi connectivity index (χ1v) is 17.8. The lowest BCUT2D eigenvalue weighted by atomic mass is 10.2. The Morgan fingerprint density at radius 2 is 1.48 bits per heavy atom. The molecular formula is C32H31BrN4O7S2. The van der Waals surface area contributed by atoms with Crippen molar-refractivity contribution in [1.29, 1.82) is 0 Å². The summed E-state index contributed by atoms with van der Waals surface area (Å²) < 4.78 is 68.2. The third kappa shape index (κ3) is 7.48. The maximum Gasteiger partial charge on any atom is 0.259 e. The van der Waals surface area contributed by atoms with Crippen LogP contribution in [-0.2, 0) is 31.4 Å². The SMILES string of the molecule is COc1cc(/C=N\NC(=O)[C@@H]2CN(S(=O)(=O)c3ccccc3)CCN2S(=O)(=O)c2ccccc2)cc(Br)c1OCc1ccccc1. The molecular weight excluding hydrogens is 696 g/mol. The minimum atomic E-state index is -4.15. The van der Waals surface area contributed by atoms with E-state index in [1.807, 2.05) is 30.3 Å². The molecule has 1 N–H and O–H groups in total. The van der Waals surface area contributed by atoms with Crippen molar-refractivity contribution in [2.45, 2.75) is 22.4 Å². The van der Waals surface area contributed by atoms with Gasteiger partial charge >= 0.3 is 0 Å². The van der Waals surface area contributed by atoms with E-state index in [1.165, 1.54) is 37.6 Å². The second-order valence-electron chi connectivity index (χ2n) is 10.2. The quantitative estimate of drug-likeness (QED) is 0.180. The average Bonchev–Trinajstić information content (AvgIpc) is 3.08. The van der Waals surface area contributed by atoms with E-state index >= 15 is 0 Å². The van der Waals surface area contributed by atoms with Crippen molar-refractivity contribution in [3.05, 3.63) is 119 Å². The predicted molar refractivity (Wildman–Crippen MR) is 177 cm³/mol. The Balaban J connectivity index is 1.36. The minimum absolute atomic E-state index is 0.0119. The lowest BCUT2D eigenvalue weighted by Crippen LogP contribution is -2.60. The summed E-state index contributed by atoms with van der Waals surface area (Å²) >= 11 is 3.50. The fraction of sp³-hybridized carbons (Fsp3) is 0.188. The number of ether oxygens (including phenoxy) is 2. The monoisotopic (exact) mass is 726 g/mol. The van der Waals surface area contributed by atoms with Gasteiger partial charge in [-0.2, -0.15) is 13.7 Å². The van der Waals surface area contributed by atoms with Crippen molar-refractivity contribution in [2.24, 2.45) is 5.10 Å². The van der Waals surface area contributed by atoms with Gasteiger partial charge in [-0.1, -0.05) is 66.7 Å². The molecule has 11 nitrogen and oxygen atoms in total. The highest BCUT2D eigenvalue weighted by atomic mass is 79.9. The molecule has 0 aliphatic carbocycles. The summed E-state index contributed by atoms with van der Waals surface area (Å²) in [4.78, 5) is 13.6. The number of hydrogen-bond donors (Lipinski definition) is 1. The van der Waals surface area contributed by atoms with E-state index in [4.69, 9.17) is 9.47 Å². The van der Waals surface area contributed by atoms with Crippen molar-refractivity contribution in [2.75, 3.05) is 26.7 Å². The molecule has 1 heterocycles. The Kier molecular flexibility index (Phi) is 10.5. The van der Waals surface area contributed by atoms with Gasteiger partial charge in [0.15, 0.2) is 11.5 Å². The van der Waals surface area contributed by atoms with E-state index < -0.39 is 38.5 Å². The summed E-state index contributed by atoms with van der Waals surface area (Å²) in [6.07, 6.45) is 1.36. The van der Waals surface area contributed by atoms with Crippen LogP contribution in [0.3, 0.4) is 0 Å². The van der Waals surface area contributed by atoms with Gasteiger partial charge in [-0.05, 0) is 63.5 Å². The number of nitrogens with one attached hydrogen (secondary N) is 1. The topological polar surface area (TPSA) is 135 Å². The molecule has 4 aromatic rings. The van der Waals surface area contributed by atoms with Gasteiger partial charge in [0.2, 0.25) is 20.0 Å². The zero-order valence-corrected chi connectivity index (χ0v) is 27.9. The summed E-state index contributed by atoms with van der Waals surface area (Å²) in [7, 11) is -6.65. The Labute approximate surface area is 276 Å². The standard InChI is InChI=1S/C32H31BrN4O7S2/c1-43-30-20-25(19-28(33)31(30)44-23-24-11-5-2-6-12-24)21-34-35-32(38)29-22-36(45(39,40)26-13-7-3-8-14-26)17-18-37(29)46(41,42)27-15-9-4-10-16-27/h2-16,19-21,29H,17-18,22-23H2,1H3,(H,35,38)/b34-21-/t29-/m0/s1. The van der Waals surface area contributed by atoms with Crippen molar-refractivity contribution in [3.63, 3.8) is 0 Å².